The minimum Gasteiger partial charge on any atom is -0.378 e. The summed E-state index contributed by atoms with van der Waals surface area (Å²) in [6.45, 7) is 3.90. The molecule has 1 aliphatic heterocycles. The first-order chi connectivity index (χ1) is 13.0. The smallest absolute Gasteiger partial charge is 0.255 e. The summed E-state index contributed by atoms with van der Waals surface area (Å²) in [7, 11) is 3.90. The molecule has 0 atom stereocenters. The van der Waals surface area contributed by atoms with Gasteiger partial charge in [0, 0.05) is 50.3 Å². The van der Waals surface area contributed by atoms with Gasteiger partial charge in [0.15, 0.2) is 0 Å². The van der Waals surface area contributed by atoms with E-state index < -0.39 is 0 Å². The van der Waals surface area contributed by atoms with Gasteiger partial charge in [-0.15, -0.1) is 0 Å². The highest BCUT2D eigenvalue weighted by atomic mass is 16.5. The fourth-order valence-corrected chi connectivity index (χ4v) is 2.62. The van der Waals surface area contributed by atoms with Crippen LogP contribution in [0.15, 0.2) is 18.6 Å². The van der Waals surface area contributed by atoms with Crippen molar-refractivity contribution in [2.75, 3.05) is 64.1 Å². The Labute approximate surface area is 157 Å². The van der Waals surface area contributed by atoms with Crippen molar-refractivity contribution in [1.29, 1.82) is 0 Å². The quantitative estimate of drug-likeness (QED) is 0.700. The number of ether oxygens (including phenoxy) is 1. The lowest BCUT2D eigenvalue weighted by molar-refractivity contribution is 0.0951. The first-order valence-electron chi connectivity index (χ1n) is 8.75. The third-order valence-corrected chi connectivity index (χ3v) is 4.10. The minimum absolute atomic E-state index is 0.165. The number of nitrogen functional groups attached to an aromatic ring is 1. The largest absolute Gasteiger partial charge is 0.378 e. The van der Waals surface area contributed by atoms with Gasteiger partial charge in [0.2, 0.25) is 11.9 Å². The van der Waals surface area contributed by atoms with E-state index in [1.165, 1.54) is 0 Å². The number of rotatable bonds is 6. The highest BCUT2D eigenvalue weighted by Gasteiger charge is 2.20. The van der Waals surface area contributed by atoms with Gasteiger partial charge >= 0.3 is 0 Å². The van der Waals surface area contributed by atoms with Gasteiger partial charge in [0.1, 0.15) is 0 Å². The highest BCUT2D eigenvalue weighted by Crippen LogP contribution is 2.23. The third-order valence-electron chi connectivity index (χ3n) is 4.10. The molecule has 0 unspecified atom stereocenters. The summed E-state index contributed by atoms with van der Waals surface area (Å²) in [5.41, 5.74) is 7.05. The molecule has 1 aliphatic rings. The number of anilines is 2. The van der Waals surface area contributed by atoms with Crippen LogP contribution in [0.1, 0.15) is 10.4 Å². The molecule has 0 saturated carbocycles. The average Bonchev–Trinajstić information content (AvgIpc) is 2.68. The first kappa shape index (κ1) is 18.9. The molecule has 2 aromatic heterocycles. The normalized spacial score (nSPS) is 14.4. The zero-order chi connectivity index (χ0) is 19.2. The van der Waals surface area contributed by atoms with Crippen molar-refractivity contribution >= 4 is 17.8 Å². The van der Waals surface area contributed by atoms with E-state index in [4.69, 9.17) is 10.5 Å². The number of likely N-dealkylation sites (N-methyl/N-ethyl adjacent to an activating group) is 1. The third kappa shape index (κ3) is 4.86. The molecule has 0 aliphatic carbocycles. The monoisotopic (exact) mass is 372 g/mol. The van der Waals surface area contributed by atoms with Crippen molar-refractivity contribution in [3.05, 3.63) is 24.2 Å². The molecule has 3 rings (SSSR count). The topological polar surface area (TPSA) is 122 Å². The van der Waals surface area contributed by atoms with E-state index in [9.17, 15) is 4.79 Å². The van der Waals surface area contributed by atoms with Crippen molar-refractivity contribution < 1.29 is 9.53 Å². The second kappa shape index (κ2) is 8.69. The molecule has 0 aromatic carbocycles. The van der Waals surface area contributed by atoms with Crippen LogP contribution in [0.25, 0.3) is 11.3 Å². The zero-order valence-electron chi connectivity index (χ0n) is 15.6. The number of hydrogen-bond acceptors (Lipinski definition) is 9. The van der Waals surface area contributed by atoms with Crippen LogP contribution in [0.2, 0.25) is 0 Å². The van der Waals surface area contributed by atoms with Crippen LogP contribution < -0.4 is 16.0 Å². The second-order valence-corrected chi connectivity index (χ2v) is 6.42. The number of nitrogens with zero attached hydrogens (tertiary/aromatic N) is 6. The summed E-state index contributed by atoms with van der Waals surface area (Å²) in [4.78, 5) is 33.7. The Morgan fingerprint density at radius 2 is 1.93 bits per heavy atom. The van der Waals surface area contributed by atoms with Gasteiger partial charge in [0.25, 0.3) is 5.91 Å². The molecule has 0 radical (unpaired) electrons. The van der Waals surface area contributed by atoms with Gasteiger partial charge in [0.05, 0.1) is 24.5 Å². The number of aromatic nitrogens is 4. The van der Waals surface area contributed by atoms with Crippen LogP contribution in [0.5, 0.6) is 0 Å². The van der Waals surface area contributed by atoms with Crippen LogP contribution >= 0.6 is 0 Å². The summed E-state index contributed by atoms with van der Waals surface area (Å²) >= 11 is 0. The van der Waals surface area contributed by atoms with E-state index in [0.717, 1.165) is 6.54 Å². The number of amides is 1. The van der Waals surface area contributed by atoms with Gasteiger partial charge in [-0.3, -0.25) is 4.79 Å². The minimum atomic E-state index is -0.239. The lowest BCUT2D eigenvalue weighted by Crippen LogP contribution is -2.37. The van der Waals surface area contributed by atoms with E-state index in [-0.39, 0.29) is 11.9 Å². The maximum atomic E-state index is 12.7. The maximum absolute atomic E-state index is 12.7. The highest BCUT2D eigenvalue weighted by molar-refractivity contribution is 5.99. The summed E-state index contributed by atoms with van der Waals surface area (Å²) in [5, 5.41) is 2.89. The molecule has 3 N–H and O–H groups in total. The molecule has 10 heteroatoms. The Balaban J connectivity index is 1.91. The molecule has 1 saturated heterocycles. The second-order valence-electron chi connectivity index (χ2n) is 6.42. The van der Waals surface area contributed by atoms with Crippen molar-refractivity contribution in [2.45, 2.75) is 0 Å². The Kier molecular flexibility index (Phi) is 6.09. The SMILES string of the molecule is CN(C)CCNC(=O)c1cnc(N2CCOCC2)nc1-c1cnc(N)nc1. The molecule has 3 heterocycles. The fraction of sp³-hybridized carbons (Fsp3) is 0.471. The van der Waals surface area contributed by atoms with Crippen LogP contribution in [0, 0.1) is 0 Å². The summed E-state index contributed by atoms with van der Waals surface area (Å²) in [5.74, 6) is 0.477. The number of nitrogens with one attached hydrogen (secondary N) is 1. The molecular formula is C17H24N8O2. The molecule has 1 amide bonds. The van der Waals surface area contributed by atoms with Crippen molar-refractivity contribution in [1.82, 2.24) is 30.2 Å². The first-order valence-corrected chi connectivity index (χ1v) is 8.75. The number of carbonyl (C=O) groups is 1. The van der Waals surface area contributed by atoms with Crippen LogP contribution in [-0.4, -0.2) is 84.2 Å². The number of nitrogens with two attached hydrogens (primary N) is 1. The van der Waals surface area contributed by atoms with Gasteiger partial charge in [-0.25, -0.2) is 19.9 Å². The molecule has 27 heavy (non-hydrogen) atoms. The van der Waals surface area contributed by atoms with E-state index in [2.05, 4.69) is 25.3 Å². The Bertz CT molecular complexity index is 775. The molecule has 1 fully saturated rings. The number of carbonyl (C=O) groups excluding carboxylic acids is 1. The molecular weight excluding hydrogens is 348 g/mol. The van der Waals surface area contributed by atoms with E-state index in [1.807, 2.05) is 23.9 Å². The van der Waals surface area contributed by atoms with Gasteiger partial charge in [-0.1, -0.05) is 0 Å². The van der Waals surface area contributed by atoms with Gasteiger partial charge < -0.3 is 25.6 Å². The van der Waals surface area contributed by atoms with Crippen molar-refractivity contribution in [3.8, 4) is 11.3 Å². The summed E-state index contributed by atoms with van der Waals surface area (Å²) in [6, 6.07) is 0. The average molecular weight is 372 g/mol. The molecule has 10 nitrogen and oxygen atoms in total. The zero-order valence-corrected chi connectivity index (χ0v) is 15.6. The van der Waals surface area contributed by atoms with Gasteiger partial charge in [-0.2, -0.15) is 0 Å². The molecule has 144 valence electrons. The Morgan fingerprint density at radius 1 is 1.22 bits per heavy atom. The Hall–Kier alpha value is -2.85. The molecule has 2 aromatic rings. The predicted molar refractivity (Wildman–Crippen MR) is 101 cm³/mol. The fourth-order valence-electron chi connectivity index (χ4n) is 2.62. The van der Waals surface area contributed by atoms with Crippen LogP contribution in [0.3, 0.4) is 0 Å². The van der Waals surface area contributed by atoms with Crippen molar-refractivity contribution in [3.63, 3.8) is 0 Å². The number of hydrogen-bond donors (Lipinski definition) is 2. The molecule has 0 spiro atoms. The van der Waals surface area contributed by atoms with Crippen molar-refractivity contribution in [2.24, 2.45) is 0 Å². The summed E-state index contributed by atoms with van der Waals surface area (Å²) in [6.07, 6.45) is 4.67. The predicted octanol–water partition coefficient (Wildman–Crippen LogP) is -0.356. The summed E-state index contributed by atoms with van der Waals surface area (Å²) < 4.78 is 5.38. The van der Waals surface area contributed by atoms with Gasteiger partial charge in [-0.05, 0) is 14.1 Å². The van der Waals surface area contributed by atoms with E-state index >= 15 is 0 Å². The maximum Gasteiger partial charge on any atom is 0.255 e. The standard InChI is InChI=1S/C17H24N8O2/c1-24(2)4-3-19-15(26)13-11-22-17(25-5-7-27-8-6-25)23-14(13)12-9-20-16(18)21-10-12/h9-11H,3-8H2,1-2H3,(H,19,26)(H2,18,20,21). The van der Waals surface area contributed by atoms with E-state index in [0.29, 0.717) is 55.6 Å². The van der Waals surface area contributed by atoms with Crippen LogP contribution in [-0.2, 0) is 4.74 Å². The van der Waals surface area contributed by atoms with E-state index in [1.54, 1.807) is 18.6 Å². The van der Waals surface area contributed by atoms with Crippen LogP contribution in [0.4, 0.5) is 11.9 Å². The number of morpholine rings is 1. The Morgan fingerprint density at radius 3 is 2.59 bits per heavy atom. The lowest BCUT2D eigenvalue weighted by atomic mass is 10.1. The lowest BCUT2D eigenvalue weighted by Gasteiger charge is -2.27. The molecule has 0 bridgehead atoms.